The third kappa shape index (κ3) is 2.15. The van der Waals surface area contributed by atoms with E-state index in [0.29, 0.717) is 19.2 Å². The van der Waals surface area contributed by atoms with Crippen LogP contribution in [-0.2, 0) is 7.05 Å². The predicted molar refractivity (Wildman–Crippen MR) is 38.0 cm³/mol. The zero-order valence-corrected chi connectivity index (χ0v) is 6.40. The van der Waals surface area contributed by atoms with Gasteiger partial charge in [0.2, 0.25) is 0 Å². The third-order valence-corrected chi connectivity index (χ3v) is 1.16. The van der Waals surface area contributed by atoms with Gasteiger partial charge in [0, 0.05) is 7.05 Å². The highest BCUT2D eigenvalue weighted by Crippen LogP contribution is 1.98. The van der Waals surface area contributed by atoms with Crippen molar-refractivity contribution in [1.29, 1.82) is 0 Å². The minimum absolute atomic E-state index is 0.429. The second kappa shape index (κ2) is 3.87. The highest BCUT2D eigenvalue weighted by atomic mass is 16.5. The molecule has 0 bridgehead atoms. The summed E-state index contributed by atoms with van der Waals surface area (Å²) in [6, 6.07) is 0.429. The lowest BCUT2D eigenvalue weighted by molar-refractivity contribution is 0.275. The van der Waals surface area contributed by atoms with E-state index < -0.39 is 0 Å². The van der Waals surface area contributed by atoms with Gasteiger partial charge in [0.1, 0.15) is 0 Å². The molecule has 0 radical (unpaired) electrons. The Morgan fingerprint density at radius 1 is 1.64 bits per heavy atom. The molecule has 0 atom stereocenters. The Labute approximate surface area is 64.3 Å². The van der Waals surface area contributed by atoms with Gasteiger partial charge < -0.3 is 10.5 Å². The van der Waals surface area contributed by atoms with Crippen molar-refractivity contribution in [3.05, 3.63) is 0 Å². The molecule has 0 aliphatic heterocycles. The molecule has 6 nitrogen and oxygen atoms in total. The Hall–Kier alpha value is -1.17. The summed E-state index contributed by atoms with van der Waals surface area (Å²) in [6.45, 7) is 1.18. The standard InChI is InChI=1S/C5H11N5O/c1-10-5(7-8-9-10)11-4-2-3-6/h2-4,6H2,1H3. The van der Waals surface area contributed by atoms with Gasteiger partial charge in [-0.05, 0) is 23.4 Å². The number of tetrazole rings is 1. The minimum atomic E-state index is 0.429. The molecule has 1 heterocycles. The highest BCUT2D eigenvalue weighted by molar-refractivity contribution is 4.84. The first-order valence-corrected chi connectivity index (χ1v) is 3.40. The monoisotopic (exact) mass is 157 g/mol. The highest BCUT2D eigenvalue weighted by Gasteiger charge is 2.00. The van der Waals surface area contributed by atoms with Gasteiger partial charge in [0.05, 0.1) is 6.61 Å². The van der Waals surface area contributed by atoms with Crippen LogP contribution in [0.2, 0.25) is 0 Å². The second-order valence-corrected chi connectivity index (χ2v) is 2.08. The van der Waals surface area contributed by atoms with Crippen LogP contribution in [0.1, 0.15) is 6.42 Å². The zero-order valence-electron chi connectivity index (χ0n) is 6.40. The Morgan fingerprint density at radius 3 is 3.00 bits per heavy atom. The van der Waals surface area contributed by atoms with Gasteiger partial charge in [-0.2, -0.15) is 4.68 Å². The maximum absolute atomic E-state index is 5.27. The van der Waals surface area contributed by atoms with E-state index in [1.54, 1.807) is 7.05 Å². The van der Waals surface area contributed by atoms with Crippen LogP contribution in [0.4, 0.5) is 0 Å². The van der Waals surface area contributed by atoms with Gasteiger partial charge >= 0.3 is 6.01 Å². The summed E-state index contributed by atoms with van der Waals surface area (Å²) in [5, 5.41) is 10.6. The fraction of sp³-hybridized carbons (Fsp3) is 0.800. The quantitative estimate of drug-likeness (QED) is 0.563. The second-order valence-electron chi connectivity index (χ2n) is 2.08. The van der Waals surface area contributed by atoms with Crippen molar-refractivity contribution >= 4 is 0 Å². The van der Waals surface area contributed by atoms with Gasteiger partial charge in [0.25, 0.3) is 0 Å². The molecule has 6 heteroatoms. The smallest absolute Gasteiger partial charge is 0.335 e. The van der Waals surface area contributed by atoms with Crippen molar-refractivity contribution in [1.82, 2.24) is 20.2 Å². The Kier molecular flexibility index (Phi) is 2.79. The van der Waals surface area contributed by atoms with E-state index in [1.807, 2.05) is 0 Å². The summed E-state index contributed by atoms with van der Waals surface area (Å²) in [7, 11) is 1.72. The molecule has 0 unspecified atom stereocenters. The molecule has 0 saturated heterocycles. The van der Waals surface area contributed by atoms with Crippen LogP contribution in [0.15, 0.2) is 0 Å². The molecule has 0 fully saturated rings. The lowest BCUT2D eigenvalue weighted by Gasteiger charge is -2.00. The van der Waals surface area contributed by atoms with Crippen molar-refractivity contribution in [2.45, 2.75) is 6.42 Å². The van der Waals surface area contributed by atoms with Gasteiger partial charge in [-0.3, -0.25) is 0 Å². The van der Waals surface area contributed by atoms with Crippen molar-refractivity contribution in [3.8, 4) is 6.01 Å². The molecule has 1 rings (SSSR count). The van der Waals surface area contributed by atoms with Crippen molar-refractivity contribution in [2.75, 3.05) is 13.2 Å². The molecule has 0 aromatic carbocycles. The molecule has 0 saturated carbocycles. The first-order valence-electron chi connectivity index (χ1n) is 3.40. The average Bonchev–Trinajstić information content (AvgIpc) is 2.37. The maximum atomic E-state index is 5.27. The molecular weight excluding hydrogens is 146 g/mol. The lowest BCUT2D eigenvalue weighted by atomic mass is 10.5. The van der Waals surface area contributed by atoms with E-state index >= 15 is 0 Å². The first kappa shape index (κ1) is 7.93. The molecule has 0 amide bonds. The maximum Gasteiger partial charge on any atom is 0.335 e. The van der Waals surface area contributed by atoms with Crippen LogP contribution in [0.5, 0.6) is 6.01 Å². The van der Waals surface area contributed by atoms with Crippen LogP contribution < -0.4 is 10.5 Å². The summed E-state index contributed by atoms with van der Waals surface area (Å²) < 4.78 is 6.63. The van der Waals surface area contributed by atoms with Gasteiger partial charge in [-0.25, -0.2) is 0 Å². The van der Waals surface area contributed by atoms with E-state index in [0.717, 1.165) is 6.42 Å². The number of nitrogens with two attached hydrogens (primary N) is 1. The normalized spacial score (nSPS) is 10.0. The van der Waals surface area contributed by atoms with Crippen LogP contribution in [-0.4, -0.2) is 33.4 Å². The van der Waals surface area contributed by atoms with Gasteiger partial charge in [-0.15, -0.1) is 0 Å². The van der Waals surface area contributed by atoms with E-state index in [-0.39, 0.29) is 0 Å². The summed E-state index contributed by atoms with van der Waals surface area (Å²) in [5.41, 5.74) is 5.27. The Bertz CT molecular complexity index is 210. The van der Waals surface area contributed by atoms with Crippen LogP contribution in [0.25, 0.3) is 0 Å². The number of rotatable bonds is 4. The van der Waals surface area contributed by atoms with E-state index in [2.05, 4.69) is 15.5 Å². The topological polar surface area (TPSA) is 78.8 Å². The molecule has 11 heavy (non-hydrogen) atoms. The number of nitrogens with zero attached hydrogens (tertiary/aromatic N) is 4. The fourth-order valence-electron chi connectivity index (χ4n) is 0.590. The largest absolute Gasteiger partial charge is 0.462 e. The average molecular weight is 157 g/mol. The van der Waals surface area contributed by atoms with Crippen LogP contribution in [0.3, 0.4) is 0 Å². The molecule has 0 spiro atoms. The zero-order chi connectivity index (χ0) is 8.10. The predicted octanol–water partition coefficient (Wildman–Crippen LogP) is -1.06. The first-order chi connectivity index (χ1) is 5.34. The van der Waals surface area contributed by atoms with E-state index in [1.165, 1.54) is 4.68 Å². The summed E-state index contributed by atoms with van der Waals surface area (Å²) in [6.07, 6.45) is 0.812. The molecule has 0 aliphatic carbocycles. The van der Waals surface area contributed by atoms with E-state index in [4.69, 9.17) is 10.5 Å². The summed E-state index contributed by atoms with van der Waals surface area (Å²) in [4.78, 5) is 0. The Morgan fingerprint density at radius 2 is 2.45 bits per heavy atom. The fourth-order valence-corrected chi connectivity index (χ4v) is 0.590. The molecule has 0 aliphatic rings. The molecule has 1 aromatic rings. The van der Waals surface area contributed by atoms with E-state index in [9.17, 15) is 0 Å². The molecule has 62 valence electrons. The number of aromatic nitrogens is 4. The van der Waals surface area contributed by atoms with Crippen molar-refractivity contribution in [2.24, 2.45) is 12.8 Å². The molecular formula is C5H11N5O. The van der Waals surface area contributed by atoms with Crippen molar-refractivity contribution < 1.29 is 4.74 Å². The van der Waals surface area contributed by atoms with Crippen LogP contribution >= 0.6 is 0 Å². The number of aryl methyl sites for hydroxylation is 1. The van der Waals surface area contributed by atoms with Gasteiger partial charge in [-0.1, -0.05) is 5.10 Å². The Balaban J connectivity index is 2.32. The number of hydrogen-bond acceptors (Lipinski definition) is 5. The minimum Gasteiger partial charge on any atom is -0.462 e. The molecule has 2 N–H and O–H groups in total. The van der Waals surface area contributed by atoms with Crippen molar-refractivity contribution in [3.63, 3.8) is 0 Å². The van der Waals surface area contributed by atoms with Crippen LogP contribution in [0, 0.1) is 0 Å². The number of hydrogen-bond donors (Lipinski definition) is 1. The summed E-state index contributed by atoms with van der Waals surface area (Å²) >= 11 is 0. The van der Waals surface area contributed by atoms with Gasteiger partial charge in [0.15, 0.2) is 0 Å². The number of ether oxygens (including phenoxy) is 1. The molecule has 1 aromatic heterocycles. The third-order valence-electron chi connectivity index (χ3n) is 1.16. The SMILES string of the molecule is Cn1nnnc1OCCCN. The summed E-state index contributed by atoms with van der Waals surface area (Å²) in [5.74, 6) is 0. The lowest BCUT2D eigenvalue weighted by Crippen LogP contribution is -2.08.